The van der Waals surface area contributed by atoms with Gasteiger partial charge < -0.3 is 10.6 Å². The van der Waals surface area contributed by atoms with Crippen LogP contribution in [0.1, 0.15) is 33.3 Å². The van der Waals surface area contributed by atoms with E-state index in [0.29, 0.717) is 29.0 Å². The smallest absolute Gasteiger partial charge is 0.241 e. The highest BCUT2D eigenvalue weighted by atomic mass is 32.2. The quantitative estimate of drug-likeness (QED) is 0.777. The van der Waals surface area contributed by atoms with Crippen molar-refractivity contribution in [2.75, 3.05) is 6.54 Å². The molecule has 0 radical (unpaired) electrons. The number of nitrogens with one attached hydrogen (secondary N) is 3. The second-order valence-electron chi connectivity index (χ2n) is 6.55. The Morgan fingerprint density at radius 2 is 2.00 bits per heavy atom. The number of benzene rings is 1. The van der Waals surface area contributed by atoms with Crippen molar-refractivity contribution in [3.8, 4) is 0 Å². The van der Waals surface area contributed by atoms with Crippen molar-refractivity contribution in [3.05, 3.63) is 29.8 Å². The van der Waals surface area contributed by atoms with Crippen LogP contribution in [0.25, 0.3) is 0 Å². The highest BCUT2D eigenvalue weighted by Gasteiger charge is 2.24. The molecule has 3 N–H and O–H groups in total. The minimum Gasteiger partial charge on any atom is -0.352 e. The van der Waals surface area contributed by atoms with Gasteiger partial charge in [-0.3, -0.25) is 4.99 Å². The average molecular weight is 324 g/mol. The standard InChI is InChI=1S/C15H24N4O2S/c1-11-9-16-14(18-11)17-10-12-7-5-6-8-13(12)22(20,21)19-15(2,3)4/h5-8,11,19H,9-10H2,1-4H3,(H2,16,17,18). The van der Waals surface area contributed by atoms with Crippen molar-refractivity contribution >= 4 is 16.0 Å². The molecule has 122 valence electrons. The van der Waals surface area contributed by atoms with Crippen LogP contribution in [0.5, 0.6) is 0 Å². The van der Waals surface area contributed by atoms with E-state index in [9.17, 15) is 8.42 Å². The monoisotopic (exact) mass is 324 g/mol. The molecule has 1 aromatic carbocycles. The lowest BCUT2D eigenvalue weighted by Crippen LogP contribution is -2.41. The van der Waals surface area contributed by atoms with Crippen LogP contribution in [0.3, 0.4) is 0 Å². The number of aliphatic imine (C=N–C) groups is 1. The average Bonchev–Trinajstić information content (AvgIpc) is 2.80. The van der Waals surface area contributed by atoms with Gasteiger partial charge in [-0.05, 0) is 39.3 Å². The SMILES string of the molecule is CC1CN=C(NCc2ccccc2S(=O)(=O)NC(C)(C)C)N1. The maximum absolute atomic E-state index is 12.5. The van der Waals surface area contributed by atoms with Gasteiger partial charge in [-0.1, -0.05) is 18.2 Å². The molecule has 0 spiro atoms. The second kappa shape index (κ2) is 6.26. The zero-order chi connectivity index (χ0) is 16.4. The Morgan fingerprint density at radius 1 is 1.32 bits per heavy atom. The zero-order valence-corrected chi connectivity index (χ0v) is 14.3. The van der Waals surface area contributed by atoms with Crippen LogP contribution in [0.2, 0.25) is 0 Å². The first kappa shape index (κ1) is 16.8. The van der Waals surface area contributed by atoms with Gasteiger partial charge in [0.2, 0.25) is 10.0 Å². The summed E-state index contributed by atoms with van der Waals surface area (Å²) < 4.78 is 27.7. The summed E-state index contributed by atoms with van der Waals surface area (Å²) in [6.45, 7) is 8.65. The predicted molar refractivity (Wildman–Crippen MR) is 88.3 cm³/mol. The van der Waals surface area contributed by atoms with Crippen LogP contribution < -0.4 is 15.4 Å². The van der Waals surface area contributed by atoms with E-state index in [1.165, 1.54) is 0 Å². The molecule has 1 aliphatic rings. The number of hydrogen-bond acceptors (Lipinski definition) is 5. The summed E-state index contributed by atoms with van der Waals surface area (Å²) in [4.78, 5) is 4.61. The molecule has 1 unspecified atom stereocenters. The highest BCUT2D eigenvalue weighted by Crippen LogP contribution is 2.17. The zero-order valence-electron chi connectivity index (χ0n) is 13.5. The fourth-order valence-electron chi connectivity index (χ4n) is 2.21. The van der Waals surface area contributed by atoms with E-state index in [-0.39, 0.29) is 0 Å². The predicted octanol–water partition coefficient (Wildman–Crippen LogP) is 1.20. The summed E-state index contributed by atoms with van der Waals surface area (Å²) in [6, 6.07) is 7.30. The summed E-state index contributed by atoms with van der Waals surface area (Å²) >= 11 is 0. The third-order valence-corrected chi connectivity index (χ3v) is 4.91. The molecule has 0 saturated heterocycles. The molecule has 22 heavy (non-hydrogen) atoms. The molecule has 0 aromatic heterocycles. The van der Waals surface area contributed by atoms with Crippen molar-refractivity contribution in [2.24, 2.45) is 4.99 Å². The van der Waals surface area contributed by atoms with E-state index in [1.807, 2.05) is 39.8 Å². The molecule has 7 heteroatoms. The third kappa shape index (κ3) is 4.45. The van der Waals surface area contributed by atoms with Gasteiger partial charge in [0.15, 0.2) is 5.96 Å². The van der Waals surface area contributed by atoms with Crippen LogP contribution in [0.4, 0.5) is 0 Å². The van der Waals surface area contributed by atoms with Gasteiger partial charge in [-0.25, -0.2) is 13.1 Å². The Bertz CT molecular complexity index is 662. The van der Waals surface area contributed by atoms with E-state index < -0.39 is 15.6 Å². The minimum atomic E-state index is -3.56. The molecule has 1 heterocycles. The van der Waals surface area contributed by atoms with Crippen molar-refractivity contribution in [1.82, 2.24) is 15.4 Å². The summed E-state index contributed by atoms with van der Waals surface area (Å²) in [5, 5.41) is 6.34. The van der Waals surface area contributed by atoms with Crippen LogP contribution in [0.15, 0.2) is 34.2 Å². The molecule has 1 aliphatic heterocycles. The molecule has 6 nitrogen and oxygen atoms in total. The van der Waals surface area contributed by atoms with Gasteiger partial charge in [-0.15, -0.1) is 0 Å². The van der Waals surface area contributed by atoms with Crippen LogP contribution in [-0.4, -0.2) is 32.5 Å². The van der Waals surface area contributed by atoms with Gasteiger partial charge in [0.05, 0.1) is 11.4 Å². The molecule has 0 amide bonds. The van der Waals surface area contributed by atoms with Crippen molar-refractivity contribution in [1.29, 1.82) is 0 Å². The molecule has 0 bridgehead atoms. The van der Waals surface area contributed by atoms with Gasteiger partial charge >= 0.3 is 0 Å². The summed E-state index contributed by atoms with van der Waals surface area (Å²) in [5.74, 6) is 0.712. The Morgan fingerprint density at radius 3 is 2.59 bits per heavy atom. The lowest BCUT2D eigenvalue weighted by molar-refractivity contribution is 0.491. The topological polar surface area (TPSA) is 82.6 Å². The largest absolute Gasteiger partial charge is 0.352 e. The summed E-state index contributed by atoms with van der Waals surface area (Å²) in [5.41, 5.74) is 0.189. The molecular weight excluding hydrogens is 300 g/mol. The van der Waals surface area contributed by atoms with Crippen LogP contribution in [0, 0.1) is 0 Å². The van der Waals surface area contributed by atoms with Crippen molar-refractivity contribution < 1.29 is 8.42 Å². The molecule has 0 fully saturated rings. The molecule has 2 rings (SSSR count). The van der Waals surface area contributed by atoms with Gasteiger partial charge in [0.1, 0.15) is 0 Å². The summed E-state index contributed by atoms with van der Waals surface area (Å²) in [6.07, 6.45) is 0. The highest BCUT2D eigenvalue weighted by molar-refractivity contribution is 7.89. The second-order valence-corrected chi connectivity index (χ2v) is 8.20. The number of sulfonamides is 1. The van der Waals surface area contributed by atoms with Crippen molar-refractivity contribution in [3.63, 3.8) is 0 Å². The first-order valence-electron chi connectivity index (χ1n) is 7.34. The van der Waals surface area contributed by atoms with Gasteiger partial charge in [0, 0.05) is 18.1 Å². The van der Waals surface area contributed by atoms with E-state index in [1.54, 1.807) is 12.1 Å². The van der Waals surface area contributed by atoms with Crippen molar-refractivity contribution in [2.45, 2.75) is 50.7 Å². The Hall–Kier alpha value is -1.60. The maximum Gasteiger partial charge on any atom is 0.241 e. The van der Waals surface area contributed by atoms with E-state index >= 15 is 0 Å². The summed E-state index contributed by atoms with van der Waals surface area (Å²) in [7, 11) is -3.56. The molecular formula is C15H24N4O2S. The lowest BCUT2D eigenvalue weighted by atomic mass is 10.1. The van der Waals surface area contributed by atoms with Gasteiger partial charge in [-0.2, -0.15) is 0 Å². The molecule has 0 aliphatic carbocycles. The molecule has 1 atom stereocenters. The Labute approximate surface area is 132 Å². The number of rotatable bonds is 4. The lowest BCUT2D eigenvalue weighted by Gasteiger charge is -2.21. The fourth-order valence-corrected chi connectivity index (χ4v) is 3.87. The normalized spacial score (nSPS) is 18.7. The molecule has 1 aromatic rings. The Balaban J connectivity index is 2.16. The van der Waals surface area contributed by atoms with Crippen LogP contribution in [-0.2, 0) is 16.6 Å². The van der Waals surface area contributed by atoms with E-state index in [4.69, 9.17) is 0 Å². The third-order valence-electron chi connectivity index (χ3n) is 3.06. The Kier molecular flexibility index (Phi) is 4.77. The van der Waals surface area contributed by atoms with E-state index in [2.05, 4.69) is 20.3 Å². The number of guanidine groups is 1. The maximum atomic E-state index is 12.5. The fraction of sp³-hybridized carbons (Fsp3) is 0.533. The first-order valence-corrected chi connectivity index (χ1v) is 8.82. The number of nitrogens with zero attached hydrogens (tertiary/aromatic N) is 1. The number of hydrogen-bond donors (Lipinski definition) is 3. The molecule has 0 saturated carbocycles. The first-order chi connectivity index (χ1) is 10.2. The van der Waals surface area contributed by atoms with Gasteiger partial charge in [0.25, 0.3) is 0 Å². The minimum absolute atomic E-state index is 0.295. The van der Waals surface area contributed by atoms with Crippen LogP contribution >= 0.6 is 0 Å². The van der Waals surface area contributed by atoms with E-state index in [0.717, 1.165) is 6.54 Å².